The number of amides is 1. The van der Waals surface area contributed by atoms with Gasteiger partial charge in [0.2, 0.25) is 0 Å². The zero-order valence-electron chi connectivity index (χ0n) is 10.2. The first-order valence-corrected chi connectivity index (χ1v) is 7.02. The number of allylic oxidation sites excluding steroid dienone is 1. The third-order valence-electron chi connectivity index (χ3n) is 3.82. The fraction of sp³-hybridized carbons (Fsp3) is 0.667. The van der Waals surface area contributed by atoms with Gasteiger partial charge in [0, 0.05) is 12.7 Å². The third-order valence-corrected chi connectivity index (χ3v) is 4.99. The molecule has 1 aliphatic carbocycles. The average Bonchev–Trinajstić information content (AvgIpc) is 2.85. The number of likely N-dealkylation sites (N-methyl/N-ethyl adjacent to an activating group) is 1. The SMILES string of the molecule is CNC(=O)C1=C(C)N2C(=N[C@@H]3CCCC[C@H]32)S1. The molecule has 0 bridgehead atoms. The second-order valence-corrected chi connectivity index (χ2v) is 5.77. The van der Waals surface area contributed by atoms with Crippen LogP contribution in [0.4, 0.5) is 0 Å². The van der Waals surface area contributed by atoms with E-state index in [0.717, 1.165) is 15.8 Å². The van der Waals surface area contributed by atoms with Crippen molar-refractivity contribution in [2.75, 3.05) is 7.05 Å². The number of rotatable bonds is 1. The Morgan fingerprint density at radius 3 is 3.00 bits per heavy atom. The summed E-state index contributed by atoms with van der Waals surface area (Å²) in [4.78, 5) is 19.6. The van der Waals surface area contributed by atoms with Gasteiger partial charge in [0.25, 0.3) is 5.91 Å². The van der Waals surface area contributed by atoms with Crippen LogP contribution in [0.5, 0.6) is 0 Å². The van der Waals surface area contributed by atoms with E-state index in [1.807, 2.05) is 6.92 Å². The maximum atomic E-state index is 11.7. The molecule has 0 aromatic heterocycles. The summed E-state index contributed by atoms with van der Waals surface area (Å²) in [6.45, 7) is 2.04. The average molecular weight is 251 g/mol. The van der Waals surface area contributed by atoms with Crippen LogP contribution < -0.4 is 5.32 Å². The topological polar surface area (TPSA) is 44.7 Å². The highest BCUT2D eigenvalue weighted by Gasteiger charge is 2.44. The molecule has 2 aliphatic heterocycles. The molecule has 5 heteroatoms. The van der Waals surface area contributed by atoms with Crippen molar-refractivity contribution in [3.05, 3.63) is 10.6 Å². The van der Waals surface area contributed by atoms with Crippen molar-refractivity contribution in [1.82, 2.24) is 10.2 Å². The van der Waals surface area contributed by atoms with E-state index in [0.29, 0.717) is 12.1 Å². The van der Waals surface area contributed by atoms with E-state index in [2.05, 4.69) is 10.2 Å². The molecule has 0 aromatic carbocycles. The van der Waals surface area contributed by atoms with Gasteiger partial charge < -0.3 is 10.2 Å². The highest BCUT2D eigenvalue weighted by Crippen LogP contribution is 2.44. The maximum absolute atomic E-state index is 11.7. The minimum atomic E-state index is 0.0111. The van der Waals surface area contributed by atoms with Crippen LogP contribution in [0, 0.1) is 0 Å². The molecule has 1 N–H and O–H groups in total. The minimum Gasteiger partial charge on any atom is -0.355 e. The molecular formula is C12H17N3OS. The number of hydrogen-bond acceptors (Lipinski definition) is 4. The van der Waals surface area contributed by atoms with Gasteiger partial charge in [0.15, 0.2) is 5.17 Å². The summed E-state index contributed by atoms with van der Waals surface area (Å²) >= 11 is 1.53. The quantitative estimate of drug-likeness (QED) is 0.771. The second-order valence-electron chi connectivity index (χ2n) is 4.80. The van der Waals surface area contributed by atoms with Crippen molar-refractivity contribution in [3.63, 3.8) is 0 Å². The summed E-state index contributed by atoms with van der Waals surface area (Å²) in [5.74, 6) is 0.0111. The normalized spacial score (nSPS) is 31.2. The Labute approximate surface area is 106 Å². The number of amidine groups is 1. The molecule has 0 radical (unpaired) electrons. The summed E-state index contributed by atoms with van der Waals surface area (Å²) < 4.78 is 0. The van der Waals surface area contributed by atoms with Crippen LogP contribution in [0.3, 0.4) is 0 Å². The minimum absolute atomic E-state index is 0.0111. The molecule has 0 unspecified atom stereocenters. The van der Waals surface area contributed by atoms with Crippen LogP contribution in [0.1, 0.15) is 32.6 Å². The molecule has 0 spiro atoms. The van der Waals surface area contributed by atoms with E-state index in [4.69, 9.17) is 4.99 Å². The molecule has 1 amide bonds. The van der Waals surface area contributed by atoms with Crippen LogP contribution in [-0.4, -0.2) is 35.1 Å². The smallest absolute Gasteiger partial charge is 0.259 e. The lowest BCUT2D eigenvalue weighted by atomic mass is 9.90. The fourth-order valence-corrected chi connectivity index (χ4v) is 4.14. The second kappa shape index (κ2) is 4.05. The number of aliphatic imine (C=N–C) groups is 1. The van der Waals surface area contributed by atoms with Crippen molar-refractivity contribution in [2.24, 2.45) is 4.99 Å². The lowest BCUT2D eigenvalue weighted by molar-refractivity contribution is -0.116. The molecule has 2 atom stereocenters. The molecular weight excluding hydrogens is 234 g/mol. The van der Waals surface area contributed by atoms with E-state index in [-0.39, 0.29) is 5.91 Å². The van der Waals surface area contributed by atoms with E-state index in [1.54, 1.807) is 7.05 Å². The molecule has 3 rings (SSSR count). The first-order chi connectivity index (χ1) is 8.22. The monoisotopic (exact) mass is 251 g/mol. The molecule has 4 nitrogen and oxygen atoms in total. The van der Waals surface area contributed by atoms with Crippen LogP contribution in [0.15, 0.2) is 15.6 Å². The predicted octanol–water partition coefficient (Wildman–Crippen LogP) is 1.69. The summed E-state index contributed by atoms with van der Waals surface area (Å²) in [7, 11) is 1.68. The molecule has 3 aliphatic rings. The van der Waals surface area contributed by atoms with Gasteiger partial charge in [-0.1, -0.05) is 12.8 Å². The van der Waals surface area contributed by atoms with Crippen LogP contribution in [-0.2, 0) is 4.79 Å². The van der Waals surface area contributed by atoms with Gasteiger partial charge in [-0.2, -0.15) is 0 Å². The number of thioether (sulfide) groups is 1. The van der Waals surface area contributed by atoms with Gasteiger partial charge in [-0.25, -0.2) is 0 Å². The molecule has 17 heavy (non-hydrogen) atoms. The van der Waals surface area contributed by atoms with Gasteiger partial charge in [-0.3, -0.25) is 9.79 Å². The summed E-state index contributed by atoms with van der Waals surface area (Å²) in [6.07, 6.45) is 4.99. The molecule has 0 aromatic rings. The van der Waals surface area contributed by atoms with Crippen molar-refractivity contribution < 1.29 is 4.79 Å². The Morgan fingerprint density at radius 2 is 2.24 bits per heavy atom. The lowest BCUT2D eigenvalue weighted by Gasteiger charge is -2.31. The van der Waals surface area contributed by atoms with Crippen molar-refractivity contribution in [1.29, 1.82) is 0 Å². The zero-order valence-corrected chi connectivity index (χ0v) is 11.0. The maximum Gasteiger partial charge on any atom is 0.259 e. The van der Waals surface area contributed by atoms with Crippen LogP contribution in [0.25, 0.3) is 0 Å². The molecule has 0 saturated heterocycles. The molecule has 92 valence electrons. The van der Waals surface area contributed by atoms with Gasteiger partial charge in [-0.05, 0) is 31.5 Å². The first-order valence-electron chi connectivity index (χ1n) is 6.20. The summed E-state index contributed by atoms with van der Waals surface area (Å²) in [6, 6.07) is 0.973. The van der Waals surface area contributed by atoms with E-state index in [9.17, 15) is 4.79 Å². The number of fused-ring (bicyclic) bond motifs is 3. The van der Waals surface area contributed by atoms with Gasteiger partial charge in [0.05, 0.1) is 17.0 Å². The zero-order chi connectivity index (χ0) is 12.0. The Balaban J connectivity index is 1.90. The summed E-state index contributed by atoms with van der Waals surface area (Å²) in [5, 5.41) is 3.74. The predicted molar refractivity (Wildman–Crippen MR) is 69.7 cm³/mol. The number of nitrogens with zero attached hydrogens (tertiary/aromatic N) is 2. The molecule has 1 fully saturated rings. The Kier molecular flexibility index (Phi) is 2.65. The van der Waals surface area contributed by atoms with E-state index >= 15 is 0 Å². The number of nitrogens with one attached hydrogen (secondary N) is 1. The first kappa shape index (κ1) is 11.1. The Bertz CT molecular complexity index is 429. The van der Waals surface area contributed by atoms with E-state index < -0.39 is 0 Å². The highest BCUT2D eigenvalue weighted by molar-refractivity contribution is 8.18. The standard InChI is InChI=1S/C12H17N3OS/c1-7-10(11(16)13-2)17-12-14-8-5-3-4-6-9(8)15(7)12/h8-9H,3-6H2,1-2H3,(H,13,16)/t8-,9-/m1/s1. The van der Waals surface area contributed by atoms with Gasteiger partial charge in [0.1, 0.15) is 0 Å². The Hall–Kier alpha value is -0.970. The van der Waals surface area contributed by atoms with Crippen LogP contribution in [0.2, 0.25) is 0 Å². The number of carbonyl (C=O) groups is 1. The number of carbonyl (C=O) groups excluding carboxylic acids is 1. The number of hydrogen-bond donors (Lipinski definition) is 1. The highest BCUT2D eigenvalue weighted by atomic mass is 32.2. The largest absolute Gasteiger partial charge is 0.355 e. The van der Waals surface area contributed by atoms with E-state index in [1.165, 1.54) is 37.4 Å². The molecule has 1 saturated carbocycles. The van der Waals surface area contributed by atoms with Gasteiger partial charge >= 0.3 is 0 Å². The Morgan fingerprint density at radius 1 is 1.47 bits per heavy atom. The van der Waals surface area contributed by atoms with Crippen molar-refractivity contribution in [3.8, 4) is 0 Å². The van der Waals surface area contributed by atoms with Crippen molar-refractivity contribution in [2.45, 2.75) is 44.7 Å². The summed E-state index contributed by atoms with van der Waals surface area (Å²) in [5.41, 5.74) is 1.09. The fourth-order valence-electron chi connectivity index (χ4n) is 2.96. The third kappa shape index (κ3) is 1.59. The van der Waals surface area contributed by atoms with Crippen molar-refractivity contribution >= 4 is 22.8 Å². The van der Waals surface area contributed by atoms with Gasteiger partial charge in [-0.15, -0.1) is 0 Å². The lowest BCUT2D eigenvalue weighted by Crippen LogP contribution is -2.38. The van der Waals surface area contributed by atoms with Crippen LogP contribution >= 0.6 is 11.8 Å². The molecule has 2 heterocycles.